The van der Waals surface area contributed by atoms with Crippen LogP contribution in [0.2, 0.25) is 0 Å². The quantitative estimate of drug-likeness (QED) is 0.453. The molecule has 0 amide bonds. The summed E-state index contributed by atoms with van der Waals surface area (Å²) in [5.74, 6) is 6.72. The fourth-order valence-corrected chi connectivity index (χ4v) is 6.85. The van der Waals surface area contributed by atoms with Gasteiger partial charge in [0.1, 0.15) is 0 Å². The topological polar surface area (TPSA) is 0 Å². The smallest absolute Gasteiger partial charge is 0.0386 e. The maximum absolute atomic E-state index is 1.60. The molecule has 0 saturated heterocycles. The predicted octanol–water partition coefficient (Wildman–Crippen LogP) is 6.98. The van der Waals surface area contributed by atoms with Gasteiger partial charge in [0.05, 0.1) is 0 Å². The van der Waals surface area contributed by atoms with E-state index in [1.165, 1.54) is 0 Å². The molecule has 0 aromatic carbocycles. The molecule has 8 aliphatic carbocycles. The molecule has 8 aliphatic rings. The van der Waals surface area contributed by atoms with Crippen LogP contribution >= 0.6 is 0 Å². The first-order chi connectivity index (χ1) is 10.9. The Morgan fingerprint density at radius 1 is 0.273 bits per heavy atom. The lowest BCUT2D eigenvalue weighted by atomic mass is 9.64. The highest BCUT2D eigenvalue weighted by molar-refractivity contribution is 4.86. The Morgan fingerprint density at radius 3 is 0.864 bits per heavy atom. The lowest BCUT2D eigenvalue weighted by Gasteiger charge is -2.42. The summed E-state index contributed by atoms with van der Waals surface area (Å²) in [4.78, 5) is 0. The Labute approximate surface area is 138 Å². The minimum absolute atomic E-state index is 1.11. The summed E-state index contributed by atoms with van der Waals surface area (Å²) >= 11 is 0. The third-order valence-electron chi connectivity index (χ3n) is 8.41. The maximum atomic E-state index is 1.60. The van der Waals surface area contributed by atoms with Crippen LogP contribution < -0.4 is 0 Å². The lowest BCUT2D eigenvalue weighted by Crippen LogP contribution is -2.30. The number of fused-ring (bicyclic) bond motifs is 1. The SMILES string of the molecule is C1CCC2CCC(CC2)C2CCC(CC2)C2CCC(C1)CC2. The van der Waals surface area contributed by atoms with Crippen LogP contribution in [0.5, 0.6) is 0 Å². The average Bonchev–Trinajstić information content (AvgIpc) is 2.59. The monoisotopic (exact) mass is 302 g/mol. The molecule has 0 aromatic heterocycles. The van der Waals surface area contributed by atoms with Gasteiger partial charge in [-0.15, -0.1) is 0 Å². The van der Waals surface area contributed by atoms with E-state index in [1.54, 1.807) is 103 Å². The fraction of sp³-hybridized carbons (Fsp3) is 1.00. The van der Waals surface area contributed by atoms with Gasteiger partial charge in [-0.25, -0.2) is 0 Å². The molecule has 6 bridgehead atoms. The van der Waals surface area contributed by atoms with Crippen LogP contribution in [0.3, 0.4) is 0 Å². The Morgan fingerprint density at radius 2 is 0.545 bits per heavy atom. The largest absolute Gasteiger partial charge is 0.0530 e. The Bertz CT molecular complexity index is 288. The summed E-state index contributed by atoms with van der Waals surface area (Å²) in [5, 5.41) is 0. The van der Waals surface area contributed by atoms with Crippen LogP contribution in [-0.2, 0) is 0 Å². The standard InChI is InChI=1S/C22H38/c1-2-4-18-7-11-20(12-8-18)22-15-13-21(14-16-22)19-9-5-17(3-1)6-10-19/h17-22H,1-16H2. The van der Waals surface area contributed by atoms with Crippen LogP contribution in [0.1, 0.15) is 103 Å². The normalized spacial score (nSPS) is 46.9. The van der Waals surface area contributed by atoms with Gasteiger partial charge in [0.15, 0.2) is 0 Å². The highest BCUT2D eigenvalue weighted by Gasteiger charge is 2.34. The van der Waals surface area contributed by atoms with E-state index in [0.29, 0.717) is 0 Å². The van der Waals surface area contributed by atoms with E-state index < -0.39 is 0 Å². The zero-order valence-electron chi connectivity index (χ0n) is 14.8. The Hall–Kier alpha value is 0. The zero-order chi connectivity index (χ0) is 14.8. The number of rotatable bonds is 0. The molecule has 0 aromatic rings. The van der Waals surface area contributed by atoms with Crippen LogP contribution in [0.25, 0.3) is 0 Å². The molecule has 126 valence electrons. The van der Waals surface area contributed by atoms with Gasteiger partial charge in [0, 0.05) is 0 Å². The summed E-state index contributed by atoms with van der Waals surface area (Å²) in [6.45, 7) is 0. The number of hydrogen-bond donors (Lipinski definition) is 0. The molecule has 0 radical (unpaired) electrons. The van der Waals surface area contributed by atoms with Gasteiger partial charge < -0.3 is 0 Å². The van der Waals surface area contributed by atoms with Gasteiger partial charge in [-0.3, -0.25) is 0 Å². The van der Waals surface area contributed by atoms with E-state index in [2.05, 4.69) is 0 Å². The van der Waals surface area contributed by atoms with E-state index in [-0.39, 0.29) is 0 Å². The first-order valence-electron chi connectivity index (χ1n) is 10.9. The summed E-state index contributed by atoms with van der Waals surface area (Å²) in [6.07, 6.45) is 25.3. The van der Waals surface area contributed by atoms with Gasteiger partial charge >= 0.3 is 0 Å². The van der Waals surface area contributed by atoms with Crippen molar-refractivity contribution in [2.75, 3.05) is 0 Å². The minimum Gasteiger partial charge on any atom is -0.0530 e. The molecule has 0 heterocycles. The van der Waals surface area contributed by atoms with Crippen LogP contribution in [-0.4, -0.2) is 0 Å². The minimum atomic E-state index is 1.11. The molecule has 0 spiro atoms. The van der Waals surface area contributed by atoms with Gasteiger partial charge in [-0.2, -0.15) is 0 Å². The average molecular weight is 303 g/mol. The molecule has 22 heavy (non-hydrogen) atoms. The highest BCUT2D eigenvalue weighted by Crippen LogP contribution is 2.47. The molecule has 0 aliphatic heterocycles. The van der Waals surface area contributed by atoms with Crippen molar-refractivity contribution in [1.82, 2.24) is 0 Å². The van der Waals surface area contributed by atoms with E-state index in [1.807, 2.05) is 0 Å². The Kier molecular flexibility index (Phi) is 5.13. The van der Waals surface area contributed by atoms with Crippen molar-refractivity contribution in [2.24, 2.45) is 35.5 Å². The second kappa shape index (κ2) is 7.27. The molecule has 0 unspecified atom stereocenters. The Balaban J connectivity index is 1.40. The van der Waals surface area contributed by atoms with Crippen molar-refractivity contribution >= 4 is 0 Å². The predicted molar refractivity (Wildman–Crippen MR) is 94.8 cm³/mol. The molecule has 8 fully saturated rings. The van der Waals surface area contributed by atoms with Gasteiger partial charge in [0.25, 0.3) is 0 Å². The molecule has 0 nitrogen and oxygen atoms in total. The van der Waals surface area contributed by atoms with Crippen LogP contribution in [0.4, 0.5) is 0 Å². The third-order valence-corrected chi connectivity index (χ3v) is 8.41. The molecule has 0 heteroatoms. The summed E-state index contributed by atoms with van der Waals surface area (Å²) < 4.78 is 0. The summed E-state index contributed by atoms with van der Waals surface area (Å²) in [6, 6.07) is 0. The third kappa shape index (κ3) is 3.57. The molecule has 8 saturated carbocycles. The summed E-state index contributed by atoms with van der Waals surface area (Å²) in [5.41, 5.74) is 0. The second-order valence-corrected chi connectivity index (χ2v) is 9.52. The molecule has 8 rings (SSSR count). The van der Waals surface area contributed by atoms with E-state index in [9.17, 15) is 0 Å². The van der Waals surface area contributed by atoms with Crippen molar-refractivity contribution < 1.29 is 0 Å². The highest BCUT2D eigenvalue weighted by atomic mass is 14.4. The fourth-order valence-electron chi connectivity index (χ4n) is 6.85. The van der Waals surface area contributed by atoms with Gasteiger partial charge in [-0.05, 0) is 86.9 Å². The van der Waals surface area contributed by atoms with E-state index >= 15 is 0 Å². The van der Waals surface area contributed by atoms with Crippen LogP contribution in [0, 0.1) is 35.5 Å². The van der Waals surface area contributed by atoms with Crippen LogP contribution in [0.15, 0.2) is 0 Å². The van der Waals surface area contributed by atoms with Gasteiger partial charge in [0.2, 0.25) is 0 Å². The van der Waals surface area contributed by atoms with Crippen molar-refractivity contribution in [2.45, 2.75) is 103 Å². The van der Waals surface area contributed by atoms with Crippen molar-refractivity contribution in [3.8, 4) is 0 Å². The molecular formula is C22H38. The maximum Gasteiger partial charge on any atom is -0.0386 e. The molecule has 0 N–H and O–H groups in total. The first kappa shape index (κ1) is 15.5. The number of hydrogen-bond acceptors (Lipinski definition) is 0. The van der Waals surface area contributed by atoms with Gasteiger partial charge in [-0.1, -0.05) is 51.4 Å². The van der Waals surface area contributed by atoms with Crippen molar-refractivity contribution in [3.63, 3.8) is 0 Å². The van der Waals surface area contributed by atoms with Crippen molar-refractivity contribution in [1.29, 1.82) is 0 Å². The zero-order valence-corrected chi connectivity index (χ0v) is 14.8. The lowest BCUT2D eigenvalue weighted by molar-refractivity contribution is 0.0986. The second-order valence-electron chi connectivity index (χ2n) is 9.52. The van der Waals surface area contributed by atoms with E-state index in [0.717, 1.165) is 35.5 Å². The molecular weight excluding hydrogens is 264 g/mol. The van der Waals surface area contributed by atoms with Crippen molar-refractivity contribution in [3.05, 3.63) is 0 Å². The molecule has 0 atom stereocenters. The van der Waals surface area contributed by atoms with E-state index in [4.69, 9.17) is 0 Å². The first-order valence-corrected chi connectivity index (χ1v) is 10.9. The summed E-state index contributed by atoms with van der Waals surface area (Å²) in [7, 11) is 0.